The minimum atomic E-state index is 0.279. The predicted octanol–water partition coefficient (Wildman–Crippen LogP) is 1.28. The highest BCUT2D eigenvalue weighted by atomic mass is 15.1. The Hall–Kier alpha value is -1.96. The first-order valence-corrected chi connectivity index (χ1v) is 4.31. The number of nitriles is 1. The van der Waals surface area contributed by atoms with Crippen LogP contribution in [-0.4, -0.2) is 19.5 Å². The summed E-state index contributed by atoms with van der Waals surface area (Å²) in [5, 5.41) is 8.79. The van der Waals surface area contributed by atoms with Gasteiger partial charge >= 0.3 is 0 Å². The summed E-state index contributed by atoms with van der Waals surface area (Å²) in [6.45, 7) is 4.07. The molecule has 0 bridgehead atoms. The lowest BCUT2D eigenvalue weighted by molar-refractivity contribution is 0.612. The fourth-order valence-corrected chi connectivity index (χ4v) is 1.31. The minimum Gasteiger partial charge on any atom is -0.313 e. The van der Waals surface area contributed by atoms with Crippen molar-refractivity contribution in [1.82, 2.24) is 19.5 Å². The number of hydrogen-bond acceptors (Lipinski definition) is 4. The van der Waals surface area contributed by atoms with E-state index in [-0.39, 0.29) is 6.04 Å². The molecular weight excluding hydrogens is 178 g/mol. The summed E-state index contributed by atoms with van der Waals surface area (Å²) < 4.78 is 1.91. The van der Waals surface area contributed by atoms with Crippen molar-refractivity contribution in [1.29, 1.82) is 5.26 Å². The van der Waals surface area contributed by atoms with Crippen LogP contribution >= 0.6 is 0 Å². The molecular formula is C9H9N5. The zero-order valence-electron chi connectivity index (χ0n) is 7.97. The van der Waals surface area contributed by atoms with Crippen LogP contribution in [0.1, 0.15) is 25.6 Å². The zero-order valence-corrected chi connectivity index (χ0v) is 7.97. The molecule has 0 unspecified atom stereocenters. The summed E-state index contributed by atoms with van der Waals surface area (Å²) in [7, 11) is 0. The molecule has 14 heavy (non-hydrogen) atoms. The lowest BCUT2D eigenvalue weighted by atomic mass is 10.3. The third-order valence-electron chi connectivity index (χ3n) is 2.02. The number of aromatic nitrogens is 4. The van der Waals surface area contributed by atoms with Crippen molar-refractivity contribution >= 4 is 11.2 Å². The van der Waals surface area contributed by atoms with Crippen LogP contribution in [0.15, 0.2) is 12.7 Å². The molecule has 0 N–H and O–H groups in total. The van der Waals surface area contributed by atoms with Gasteiger partial charge in [-0.15, -0.1) is 0 Å². The molecule has 0 saturated heterocycles. The predicted molar refractivity (Wildman–Crippen MR) is 50.4 cm³/mol. The molecule has 0 radical (unpaired) electrons. The number of rotatable bonds is 1. The van der Waals surface area contributed by atoms with Crippen LogP contribution in [0.25, 0.3) is 11.2 Å². The van der Waals surface area contributed by atoms with Crippen LogP contribution in [0.3, 0.4) is 0 Å². The van der Waals surface area contributed by atoms with Gasteiger partial charge in [0.2, 0.25) is 0 Å². The summed E-state index contributed by atoms with van der Waals surface area (Å²) in [6, 6.07) is 2.27. The van der Waals surface area contributed by atoms with Crippen molar-refractivity contribution in [3.8, 4) is 6.07 Å². The smallest absolute Gasteiger partial charge is 0.171 e. The Morgan fingerprint density at radius 1 is 1.36 bits per heavy atom. The van der Waals surface area contributed by atoms with Gasteiger partial charge in [-0.2, -0.15) is 5.26 Å². The molecule has 0 aliphatic carbocycles. The van der Waals surface area contributed by atoms with Crippen molar-refractivity contribution in [3.63, 3.8) is 0 Å². The van der Waals surface area contributed by atoms with Crippen molar-refractivity contribution in [2.45, 2.75) is 19.9 Å². The van der Waals surface area contributed by atoms with E-state index < -0.39 is 0 Å². The van der Waals surface area contributed by atoms with Gasteiger partial charge in [0.05, 0.1) is 6.33 Å². The third-order valence-corrected chi connectivity index (χ3v) is 2.02. The molecule has 0 aliphatic heterocycles. The van der Waals surface area contributed by atoms with Gasteiger partial charge in [-0.25, -0.2) is 15.0 Å². The number of nitrogens with zero attached hydrogens (tertiary/aromatic N) is 5. The maximum Gasteiger partial charge on any atom is 0.171 e. The van der Waals surface area contributed by atoms with E-state index in [1.54, 1.807) is 6.33 Å². The largest absolute Gasteiger partial charge is 0.313 e. The average molecular weight is 187 g/mol. The number of fused-ring (bicyclic) bond motifs is 1. The first-order valence-electron chi connectivity index (χ1n) is 4.31. The standard InChI is InChI=1S/C9H9N5/c1-6(2)14-5-13-8-7(3-10)11-4-12-9(8)14/h4-6H,1-2H3. The Bertz CT molecular complexity index is 505. The highest BCUT2D eigenvalue weighted by Crippen LogP contribution is 2.15. The summed E-state index contributed by atoms with van der Waals surface area (Å²) in [6.07, 6.45) is 3.08. The van der Waals surface area contributed by atoms with Gasteiger partial charge in [-0.3, -0.25) is 0 Å². The zero-order chi connectivity index (χ0) is 10.1. The van der Waals surface area contributed by atoms with E-state index in [1.165, 1.54) is 6.33 Å². The second-order valence-corrected chi connectivity index (χ2v) is 3.25. The minimum absolute atomic E-state index is 0.279. The van der Waals surface area contributed by atoms with Crippen LogP contribution < -0.4 is 0 Å². The molecule has 5 heteroatoms. The third kappa shape index (κ3) is 1.12. The van der Waals surface area contributed by atoms with Crippen molar-refractivity contribution in [3.05, 3.63) is 18.3 Å². The summed E-state index contributed by atoms with van der Waals surface area (Å²) in [5.74, 6) is 0. The maximum atomic E-state index is 8.79. The molecule has 70 valence electrons. The first kappa shape index (κ1) is 8.63. The number of imidazole rings is 1. The Balaban J connectivity index is 2.77. The normalized spacial score (nSPS) is 10.7. The Labute approximate surface area is 81.0 Å². The fourth-order valence-electron chi connectivity index (χ4n) is 1.31. The van der Waals surface area contributed by atoms with Crippen molar-refractivity contribution < 1.29 is 0 Å². The molecule has 0 saturated carbocycles. The van der Waals surface area contributed by atoms with E-state index in [1.807, 2.05) is 24.5 Å². The van der Waals surface area contributed by atoms with E-state index in [2.05, 4.69) is 15.0 Å². The molecule has 0 atom stereocenters. The van der Waals surface area contributed by atoms with Gasteiger partial charge < -0.3 is 4.57 Å². The van der Waals surface area contributed by atoms with E-state index in [0.29, 0.717) is 16.9 Å². The molecule has 2 rings (SSSR count). The van der Waals surface area contributed by atoms with Gasteiger partial charge in [-0.05, 0) is 13.8 Å². The maximum absolute atomic E-state index is 8.79. The number of hydrogen-bond donors (Lipinski definition) is 0. The molecule has 0 aliphatic rings. The molecule has 0 fully saturated rings. The van der Waals surface area contributed by atoms with Crippen LogP contribution in [0.4, 0.5) is 0 Å². The Morgan fingerprint density at radius 2 is 2.14 bits per heavy atom. The Morgan fingerprint density at radius 3 is 2.79 bits per heavy atom. The Kier molecular flexibility index (Phi) is 1.89. The lowest BCUT2D eigenvalue weighted by Crippen LogP contribution is -2.00. The molecule has 0 spiro atoms. The molecule has 5 nitrogen and oxygen atoms in total. The fraction of sp³-hybridized carbons (Fsp3) is 0.333. The van der Waals surface area contributed by atoms with E-state index in [0.717, 1.165) is 0 Å². The SMILES string of the molecule is CC(C)n1cnc2c(C#N)ncnc21. The summed E-state index contributed by atoms with van der Waals surface area (Å²) >= 11 is 0. The van der Waals surface area contributed by atoms with Crippen LogP contribution in [0.5, 0.6) is 0 Å². The van der Waals surface area contributed by atoms with Gasteiger partial charge in [0.25, 0.3) is 0 Å². The molecule has 0 amide bonds. The quantitative estimate of drug-likeness (QED) is 0.674. The first-order chi connectivity index (χ1) is 6.74. The van der Waals surface area contributed by atoms with Gasteiger partial charge in [0.1, 0.15) is 17.9 Å². The average Bonchev–Trinajstić information content (AvgIpc) is 2.60. The van der Waals surface area contributed by atoms with Crippen LogP contribution in [-0.2, 0) is 0 Å². The van der Waals surface area contributed by atoms with Crippen molar-refractivity contribution in [2.75, 3.05) is 0 Å². The molecule has 0 aromatic carbocycles. The van der Waals surface area contributed by atoms with Crippen LogP contribution in [0, 0.1) is 11.3 Å². The lowest BCUT2D eigenvalue weighted by Gasteiger charge is -2.05. The van der Waals surface area contributed by atoms with Gasteiger partial charge in [0.15, 0.2) is 11.3 Å². The van der Waals surface area contributed by atoms with E-state index in [4.69, 9.17) is 5.26 Å². The highest BCUT2D eigenvalue weighted by Gasteiger charge is 2.10. The van der Waals surface area contributed by atoms with Gasteiger partial charge in [0, 0.05) is 6.04 Å². The highest BCUT2D eigenvalue weighted by molar-refractivity contribution is 5.75. The topological polar surface area (TPSA) is 67.4 Å². The monoisotopic (exact) mass is 187 g/mol. The second kappa shape index (κ2) is 3.07. The summed E-state index contributed by atoms with van der Waals surface area (Å²) in [5.41, 5.74) is 1.62. The van der Waals surface area contributed by atoms with Crippen LogP contribution in [0.2, 0.25) is 0 Å². The van der Waals surface area contributed by atoms with Gasteiger partial charge in [-0.1, -0.05) is 0 Å². The second-order valence-electron chi connectivity index (χ2n) is 3.25. The van der Waals surface area contributed by atoms with E-state index in [9.17, 15) is 0 Å². The molecule has 2 aromatic rings. The molecule has 2 aromatic heterocycles. The summed E-state index contributed by atoms with van der Waals surface area (Å²) in [4.78, 5) is 12.1. The van der Waals surface area contributed by atoms with E-state index >= 15 is 0 Å². The molecule has 2 heterocycles. The van der Waals surface area contributed by atoms with Crippen molar-refractivity contribution in [2.24, 2.45) is 0 Å².